The van der Waals surface area contributed by atoms with E-state index in [1.807, 2.05) is 10.9 Å². The van der Waals surface area contributed by atoms with Gasteiger partial charge in [-0.1, -0.05) is 41.9 Å². The van der Waals surface area contributed by atoms with Gasteiger partial charge >= 0.3 is 0 Å². The molecule has 0 spiro atoms. The summed E-state index contributed by atoms with van der Waals surface area (Å²) in [4.78, 5) is 0. The third kappa shape index (κ3) is 3.89. The van der Waals surface area contributed by atoms with Gasteiger partial charge in [-0.15, -0.1) is 5.10 Å². The van der Waals surface area contributed by atoms with Crippen LogP contribution in [-0.4, -0.2) is 15.0 Å². The van der Waals surface area contributed by atoms with E-state index < -0.39 is 0 Å². The molecule has 0 bridgehead atoms. The van der Waals surface area contributed by atoms with E-state index in [0.29, 0.717) is 5.41 Å². The van der Waals surface area contributed by atoms with Crippen molar-refractivity contribution in [2.45, 2.75) is 39.1 Å². The van der Waals surface area contributed by atoms with Crippen LogP contribution in [0.2, 0.25) is 0 Å². The molecular weight excluding hydrogens is 230 g/mol. The van der Waals surface area contributed by atoms with Crippen LogP contribution >= 0.6 is 15.9 Å². The predicted molar refractivity (Wildman–Crippen MR) is 56.7 cm³/mol. The lowest BCUT2D eigenvalue weighted by Crippen LogP contribution is -2.10. The largest absolute Gasteiger partial charge is 0.252 e. The van der Waals surface area contributed by atoms with Gasteiger partial charge in [0.1, 0.15) is 0 Å². The molecular formula is C9H16BrN3. The van der Waals surface area contributed by atoms with Crippen molar-refractivity contribution in [2.24, 2.45) is 5.41 Å². The Kier molecular flexibility index (Phi) is 3.47. The minimum atomic E-state index is 0.362. The highest BCUT2D eigenvalue weighted by Crippen LogP contribution is 2.18. The zero-order chi connectivity index (χ0) is 9.90. The highest BCUT2D eigenvalue weighted by atomic mass is 79.9. The van der Waals surface area contributed by atoms with Crippen LogP contribution < -0.4 is 0 Å². The Morgan fingerprint density at radius 3 is 2.62 bits per heavy atom. The van der Waals surface area contributed by atoms with Crippen molar-refractivity contribution in [2.75, 3.05) is 0 Å². The molecule has 0 N–H and O–H groups in total. The summed E-state index contributed by atoms with van der Waals surface area (Å²) in [5, 5.41) is 8.81. The first-order valence-corrected chi connectivity index (χ1v) is 5.58. The summed E-state index contributed by atoms with van der Waals surface area (Å²) in [6.45, 7) is 7.64. The molecule has 0 unspecified atom stereocenters. The van der Waals surface area contributed by atoms with Gasteiger partial charge in [-0.05, 0) is 11.8 Å². The molecule has 1 aromatic rings. The normalized spacial score (nSPS) is 12.0. The van der Waals surface area contributed by atoms with Gasteiger partial charge in [-0.25, -0.2) is 0 Å². The number of halogens is 1. The molecule has 0 aliphatic rings. The molecule has 0 aliphatic carbocycles. The molecule has 1 heterocycles. The zero-order valence-corrected chi connectivity index (χ0v) is 10.0. The van der Waals surface area contributed by atoms with Crippen LogP contribution in [0.3, 0.4) is 0 Å². The predicted octanol–water partition coefficient (Wildman–Crippen LogP) is 2.61. The first-order chi connectivity index (χ1) is 6.01. The minimum absolute atomic E-state index is 0.362. The molecule has 13 heavy (non-hydrogen) atoms. The zero-order valence-electron chi connectivity index (χ0n) is 8.42. The van der Waals surface area contributed by atoms with Gasteiger partial charge in [0, 0.05) is 18.1 Å². The maximum atomic E-state index is 4.03. The van der Waals surface area contributed by atoms with E-state index in [2.05, 4.69) is 47.0 Å². The van der Waals surface area contributed by atoms with Crippen LogP contribution in [0.1, 0.15) is 32.9 Å². The van der Waals surface area contributed by atoms with Gasteiger partial charge < -0.3 is 0 Å². The summed E-state index contributed by atoms with van der Waals surface area (Å²) in [6.07, 6.45) is 3.11. The van der Waals surface area contributed by atoms with Gasteiger partial charge in [-0.3, -0.25) is 4.68 Å². The number of hydrogen-bond donors (Lipinski definition) is 0. The maximum absolute atomic E-state index is 4.03. The van der Waals surface area contributed by atoms with Crippen LogP contribution in [0, 0.1) is 5.41 Å². The van der Waals surface area contributed by atoms with Crippen molar-refractivity contribution in [3.05, 3.63) is 11.9 Å². The fourth-order valence-electron chi connectivity index (χ4n) is 0.959. The second-order valence-corrected chi connectivity index (χ2v) is 4.98. The Morgan fingerprint density at radius 1 is 1.46 bits per heavy atom. The van der Waals surface area contributed by atoms with Crippen molar-refractivity contribution in [1.29, 1.82) is 0 Å². The molecule has 4 heteroatoms. The van der Waals surface area contributed by atoms with E-state index in [9.17, 15) is 0 Å². The molecule has 0 saturated carbocycles. The van der Waals surface area contributed by atoms with Crippen LogP contribution in [0.15, 0.2) is 6.20 Å². The fraction of sp³-hybridized carbons (Fsp3) is 0.778. The van der Waals surface area contributed by atoms with E-state index in [-0.39, 0.29) is 0 Å². The van der Waals surface area contributed by atoms with Crippen molar-refractivity contribution in [3.8, 4) is 0 Å². The van der Waals surface area contributed by atoms with Crippen molar-refractivity contribution < 1.29 is 0 Å². The van der Waals surface area contributed by atoms with Crippen LogP contribution in [-0.2, 0) is 11.9 Å². The smallest absolute Gasteiger partial charge is 0.0932 e. The average Bonchev–Trinajstić information content (AvgIpc) is 2.47. The molecule has 1 aromatic heterocycles. The van der Waals surface area contributed by atoms with Crippen molar-refractivity contribution >= 4 is 15.9 Å². The molecule has 0 radical (unpaired) electrons. The molecule has 0 saturated heterocycles. The number of hydrogen-bond acceptors (Lipinski definition) is 2. The first kappa shape index (κ1) is 10.7. The molecule has 74 valence electrons. The highest BCUT2D eigenvalue weighted by molar-refractivity contribution is 9.08. The molecule has 0 atom stereocenters. The fourth-order valence-corrected chi connectivity index (χ4v) is 1.22. The molecule has 0 aromatic carbocycles. The lowest BCUT2D eigenvalue weighted by Gasteiger charge is -2.17. The van der Waals surface area contributed by atoms with Gasteiger partial charge in [0.15, 0.2) is 0 Å². The molecule has 0 aliphatic heterocycles. The summed E-state index contributed by atoms with van der Waals surface area (Å²) in [5.74, 6) is 0. The quantitative estimate of drug-likeness (QED) is 0.767. The Hall–Kier alpha value is -0.380. The standard InChI is InChI=1S/C9H16BrN3/c1-9(2,3)4-5-13-7-8(6-10)11-12-13/h7H,4-6H2,1-3H3. The monoisotopic (exact) mass is 245 g/mol. The van der Waals surface area contributed by atoms with Crippen molar-refractivity contribution in [3.63, 3.8) is 0 Å². The Labute approximate surface area is 87.6 Å². The number of nitrogens with zero attached hydrogens (tertiary/aromatic N) is 3. The minimum Gasteiger partial charge on any atom is -0.252 e. The summed E-state index contributed by atoms with van der Waals surface area (Å²) in [6, 6.07) is 0. The number of alkyl halides is 1. The summed E-state index contributed by atoms with van der Waals surface area (Å²) >= 11 is 3.35. The van der Waals surface area contributed by atoms with Crippen LogP contribution in [0.25, 0.3) is 0 Å². The van der Waals surface area contributed by atoms with Gasteiger partial charge in [0.25, 0.3) is 0 Å². The van der Waals surface area contributed by atoms with Gasteiger partial charge in [-0.2, -0.15) is 0 Å². The summed E-state index contributed by atoms with van der Waals surface area (Å²) in [7, 11) is 0. The van der Waals surface area contributed by atoms with Gasteiger partial charge in [0.05, 0.1) is 5.69 Å². The number of rotatable bonds is 3. The third-order valence-corrected chi connectivity index (χ3v) is 2.39. The van der Waals surface area contributed by atoms with Gasteiger partial charge in [0.2, 0.25) is 0 Å². The van der Waals surface area contributed by atoms with E-state index >= 15 is 0 Å². The Morgan fingerprint density at radius 2 is 2.15 bits per heavy atom. The summed E-state index contributed by atoms with van der Waals surface area (Å²) in [5.41, 5.74) is 1.36. The van der Waals surface area contributed by atoms with E-state index in [0.717, 1.165) is 24.0 Å². The Balaban J connectivity index is 2.46. The highest BCUT2D eigenvalue weighted by Gasteiger charge is 2.10. The summed E-state index contributed by atoms with van der Waals surface area (Å²) < 4.78 is 1.90. The lowest BCUT2D eigenvalue weighted by atomic mass is 9.92. The average molecular weight is 246 g/mol. The second-order valence-electron chi connectivity index (χ2n) is 4.42. The topological polar surface area (TPSA) is 30.7 Å². The van der Waals surface area contributed by atoms with E-state index in [4.69, 9.17) is 0 Å². The van der Waals surface area contributed by atoms with Crippen LogP contribution in [0.4, 0.5) is 0 Å². The molecule has 3 nitrogen and oxygen atoms in total. The molecule has 0 amide bonds. The third-order valence-electron chi connectivity index (χ3n) is 1.81. The number of aromatic nitrogens is 3. The van der Waals surface area contributed by atoms with Crippen LogP contribution in [0.5, 0.6) is 0 Å². The molecule has 0 fully saturated rings. The first-order valence-electron chi connectivity index (χ1n) is 4.46. The SMILES string of the molecule is CC(C)(C)CCn1cc(CBr)nn1. The van der Waals surface area contributed by atoms with E-state index in [1.54, 1.807) is 0 Å². The van der Waals surface area contributed by atoms with E-state index in [1.165, 1.54) is 0 Å². The molecule has 1 rings (SSSR count). The Bertz CT molecular complexity index is 262. The second kappa shape index (κ2) is 4.22. The number of aryl methyl sites for hydroxylation is 1. The maximum Gasteiger partial charge on any atom is 0.0932 e. The lowest BCUT2D eigenvalue weighted by molar-refractivity contribution is 0.339. The van der Waals surface area contributed by atoms with Crippen molar-refractivity contribution in [1.82, 2.24) is 15.0 Å².